The predicted molar refractivity (Wildman–Crippen MR) is 140 cm³/mol. The number of anilines is 1. The number of phenolic OH excluding ortho intramolecular Hbond substituents is 1. The van der Waals surface area contributed by atoms with Crippen molar-refractivity contribution in [3.63, 3.8) is 0 Å². The van der Waals surface area contributed by atoms with E-state index in [0.29, 0.717) is 31.5 Å². The number of hydrogen-bond acceptors (Lipinski definition) is 9. The number of Topliss-reactive ketones (excluding diaryl/α,β-unsaturated/α-hetero) is 1. The van der Waals surface area contributed by atoms with Crippen LogP contribution >= 0.6 is 0 Å². The zero-order valence-corrected chi connectivity index (χ0v) is 22.5. The zero-order chi connectivity index (χ0) is 28.0. The first-order chi connectivity index (χ1) is 18.0. The highest BCUT2D eigenvalue weighted by molar-refractivity contribution is 6.09. The number of carbonyl (C=O) groups is 4. The van der Waals surface area contributed by atoms with E-state index < -0.39 is 29.6 Å². The van der Waals surface area contributed by atoms with Gasteiger partial charge < -0.3 is 24.2 Å². The number of cyclic esters (lactones) is 1. The minimum absolute atomic E-state index is 0.0277. The molecule has 0 aromatic heterocycles. The van der Waals surface area contributed by atoms with Crippen molar-refractivity contribution in [1.29, 1.82) is 0 Å². The average Bonchev–Trinajstić information content (AvgIpc) is 2.90. The number of hydrogen-bond donors (Lipinski definition) is 1. The highest BCUT2D eigenvalue weighted by Gasteiger charge is 2.50. The van der Waals surface area contributed by atoms with E-state index in [2.05, 4.69) is 0 Å². The molecule has 204 valence electrons. The maximum Gasteiger partial charge on any atom is 0.337 e. The van der Waals surface area contributed by atoms with Gasteiger partial charge in [-0.25, -0.2) is 14.4 Å². The highest BCUT2D eigenvalue weighted by atomic mass is 16.6. The Morgan fingerprint density at radius 2 is 1.63 bits per heavy atom. The SMILES string of the molecule is CCCN(c1cc(C(=O)OC)cc(C(=O)OC)c1)C1C(=O)CC(CCc2ccc(O)cc2)(C(C)C)OC1=O. The Labute approximate surface area is 222 Å². The van der Waals surface area contributed by atoms with Crippen LogP contribution in [0.2, 0.25) is 0 Å². The predicted octanol–water partition coefficient (Wildman–Crippen LogP) is 4.09. The van der Waals surface area contributed by atoms with Crippen molar-refractivity contribution in [2.24, 2.45) is 5.92 Å². The Kier molecular flexibility index (Phi) is 9.14. The molecular weight excluding hydrogens is 490 g/mol. The van der Waals surface area contributed by atoms with E-state index in [1.54, 1.807) is 29.2 Å². The van der Waals surface area contributed by atoms with E-state index >= 15 is 0 Å². The van der Waals surface area contributed by atoms with Gasteiger partial charge in [-0.15, -0.1) is 0 Å². The maximum atomic E-state index is 13.7. The van der Waals surface area contributed by atoms with Gasteiger partial charge in [-0.2, -0.15) is 0 Å². The molecule has 1 saturated heterocycles. The lowest BCUT2D eigenvalue weighted by Gasteiger charge is -2.44. The summed E-state index contributed by atoms with van der Waals surface area (Å²) in [5.74, 6) is -2.26. The molecule has 2 aromatic rings. The lowest BCUT2D eigenvalue weighted by Crippen LogP contribution is -2.59. The van der Waals surface area contributed by atoms with Gasteiger partial charge in [-0.3, -0.25) is 4.79 Å². The quantitative estimate of drug-likeness (QED) is 0.278. The number of phenols is 1. The first kappa shape index (κ1) is 28.7. The standard InChI is InChI=1S/C29H35NO8/c1-6-13-30(22-15-20(26(33)36-4)14-21(16-22)27(34)37-5)25-24(32)17-29(18(2)3,38-28(25)35)12-11-19-7-9-23(31)10-8-19/h7-10,14-16,18,25,31H,6,11-13,17H2,1-5H3. The second-order valence-electron chi connectivity index (χ2n) is 9.80. The molecule has 9 heteroatoms. The van der Waals surface area contributed by atoms with Crippen LogP contribution in [0.25, 0.3) is 0 Å². The van der Waals surface area contributed by atoms with Crippen LogP contribution in [0, 0.1) is 5.92 Å². The van der Waals surface area contributed by atoms with Crippen molar-refractivity contribution in [1.82, 2.24) is 0 Å². The van der Waals surface area contributed by atoms with Crippen LogP contribution < -0.4 is 4.90 Å². The summed E-state index contributed by atoms with van der Waals surface area (Å²) in [7, 11) is 2.45. The van der Waals surface area contributed by atoms with Crippen LogP contribution in [-0.4, -0.2) is 61.2 Å². The zero-order valence-electron chi connectivity index (χ0n) is 22.5. The normalized spacial score (nSPS) is 19.2. The molecule has 2 aromatic carbocycles. The number of carbonyl (C=O) groups excluding carboxylic acids is 4. The van der Waals surface area contributed by atoms with Crippen molar-refractivity contribution in [3.8, 4) is 5.75 Å². The highest BCUT2D eigenvalue weighted by Crippen LogP contribution is 2.38. The third-order valence-corrected chi connectivity index (χ3v) is 7.00. The van der Waals surface area contributed by atoms with Crippen LogP contribution in [-0.2, 0) is 30.2 Å². The third kappa shape index (κ3) is 6.15. The van der Waals surface area contributed by atoms with E-state index in [4.69, 9.17) is 14.2 Å². The molecule has 38 heavy (non-hydrogen) atoms. The van der Waals surface area contributed by atoms with Gasteiger partial charge in [0.05, 0.1) is 25.3 Å². The fourth-order valence-corrected chi connectivity index (χ4v) is 4.78. The molecule has 0 amide bonds. The van der Waals surface area contributed by atoms with Crippen LogP contribution in [0.4, 0.5) is 5.69 Å². The van der Waals surface area contributed by atoms with Crippen molar-refractivity contribution >= 4 is 29.4 Å². The summed E-state index contributed by atoms with van der Waals surface area (Å²) < 4.78 is 15.7. The van der Waals surface area contributed by atoms with Gasteiger partial charge in [0.15, 0.2) is 11.8 Å². The average molecular weight is 526 g/mol. The summed E-state index contributed by atoms with van der Waals surface area (Å²) in [6.07, 6.45) is 1.62. The first-order valence-corrected chi connectivity index (χ1v) is 12.7. The van der Waals surface area contributed by atoms with Gasteiger partial charge in [0, 0.05) is 18.7 Å². The van der Waals surface area contributed by atoms with Gasteiger partial charge in [0.25, 0.3) is 0 Å². The number of aromatic hydroxyl groups is 1. The van der Waals surface area contributed by atoms with Crippen molar-refractivity contribution in [2.75, 3.05) is 25.7 Å². The van der Waals surface area contributed by atoms with E-state index in [1.807, 2.05) is 20.8 Å². The number of nitrogens with zero attached hydrogens (tertiary/aromatic N) is 1. The van der Waals surface area contributed by atoms with Crippen molar-refractivity contribution < 1.29 is 38.5 Å². The monoisotopic (exact) mass is 525 g/mol. The van der Waals surface area contributed by atoms with Crippen LogP contribution in [0.5, 0.6) is 5.75 Å². The van der Waals surface area contributed by atoms with Gasteiger partial charge >= 0.3 is 17.9 Å². The molecule has 0 spiro atoms. The number of aryl methyl sites for hydroxylation is 1. The lowest BCUT2D eigenvalue weighted by atomic mass is 9.77. The van der Waals surface area contributed by atoms with Crippen LogP contribution in [0.3, 0.4) is 0 Å². The number of ketones is 1. The summed E-state index contributed by atoms with van der Waals surface area (Å²) >= 11 is 0. The number of esters is 3. The third-order valence-electron chi connectivity index (χ3n) is 7.00. The Hall–Kier alpha value is -3.88. The first-order valence-electron chi connectivity index (χ1n) is 12.7. The van der Waals surface area contributed by atoms with Gasteiger partial charge in [0.2, 0.25) is 0 Å². The Balaban J connectivity index is 1.95. The molecule has 1 fully saturated rings. The molecule has 9 nitrogen and oxygen atoms in total. The largest absolute Gasteiger partial charge is 0.508 e. The maximum absolute atomic E-state index is 13.7. The Morgan fingerprint density at radius 1 is 1.05 bits per heavy atom. The molecule has 1 N–H and O–H groups in total. The van der Waals surface area contributed by atoms with Gasteiger partial charge in [-0.05, 0) is 61.1 Å². The number of ether oxygens (including phenoxy) is 3. The number of benzene rings is 2. The summed E-state index contributed by atoms with van der Waals surface area (Å²) in [5.41, 5.74) is 0.496. The summed E-state index contributed by atoms with van der Waals surface area (Å²) in [6.45, 7) is 6.04. The van der Waals surface area contributed by atoms with E-state index in [-0.39, 0.29) is 35.0 Å². The molecular formula is C29H35NO8. The van der Waals surface area contributed by atoms with Crippen molar-refractivity contribution in [3.05, 3.63) is 59.2 Å². The van der Waals surface area contributed by atoms with Gasteiger partial charge in [-0.1, -0.05) is 32.9 Å². The molecule has 0 bridgehead atoms. The Bertz CT molecular complexity index is 1140. The van der Waals surface area contributed by atoms with E-state index in [1.165, 1.54) is 32.4 Å². The Morgan fingerprint density at radius 3 is 2.11 bits per heavy atom. The summed E-state index contributed by atoms with van der Waals surface area (Å²) in [5, 5.41) is 9.55. The molecule has 2 atom stereocenters. The van der Waals surface area contributed by atoms with Crippen LogP contribution in [0.15, 0.2) is 42.5 Å². The lowest BCUT2D eigenvalue weighted by molar-refractivity contribution is -0.179. The fourth-order valence-electron chi connectivity index (χ4n) is 4.78. The van der Waals surface area contributed by atoms with Gasteiger partial charge in [0.1, 0.15) is 11.4 Å². The minimum Gasteiger partial charge on any atom is -0.508 e. The number of methoxy groups -OCH3 is 2. The second kappa shape index (κ2) is 12.1. The molecule has 0 aliphatic carbocycles. The van der Waals surface area contributed by atoms with Crippen LogP contribution in [0.1, 0.15) is 66.3 Å². The van der Waals surface area contributed by atoms with E-state index in [0.717, 1.165) is 5.56 Å². The molecule has 1 aliphatic heterocycles. The molecule has 0 radical (unpaired) electrons. The number of rotatable bonds is 10. The van der Waals surface area contributed by atoms with E-state index in [9.17, 15) is 24.3 Å². The molecule has 3 rings (SSSR count). The summed E-state index contributed by atoms with van der Waals surface area (Å²) in [6, 6.07) is 9.89. The summed E-state index contributed by atoms with van der Waals surface area (Å²) in [4.78, 5) is 53.4. The minimum atomic E-state index is -1.23. The molecule has 1 aliphatic rings. The molecule has 2 unspecified atom stereocenters. The topological polar surface area (TPSA) is 119 Å². The second-order valence-corrected chi connectivity index (χ2v) is 9.80. The smallest absolute Gasteiger partial charge is 0.337 e. The fraction of sp³-hybridized carbons (Fsp3) is 0.448. The molecule has 1 heterocycles. The van der Waals surface area contributed by atoms with Crippen molar-refractivity contribution in [2.45, 2.75) is 58.1 Å². The molecule has 0 saturated carbocycles.